The number of benzene rings is 2. The summed E-state index contributed by atoms with van der Waals surface area (Å²) in [6.07, 6.45) is 0. The number of nitrogens with zero attached hydrogens (tertiary/aromatic N) is 1. The lowest BCUT2D eigenvalue weighted by molar-refractivity contribution is 0.596. The molecular weight excluding hydrogens is 295 g/mol. The van der Waals surface area contributed by atoms with Crippen LogP contribution in [0, 0.1) is 5.82 Å². The summed E-state index contributed by atoms with van der Waals surface area (Å²) in [4.78, 5) is 4.57. The van der Waals surface area contributed by atoms with Crippen molar-refractivity contribution in [1.82, 2.24) is 4.98 Å². The van der Waals surface area contributed by atoms with Crippen LogP contribution in [0.4, 0.5) is 10.1 Å². The van der Waals surface area contributed by atoms with Crippen LogP contribution in [0.3, 0.4) is 0 Å². The number of hydrogen-bond donors (Lipinski definition) is 1. The Kier molecular flexibility index (Phi) is 3.50. The van der Waals surface area contributed by atoms with Crippen LogP contribution >= 0.6 is 11.3 Å². The van der Waals surface area contributed by atoms with Gasteiger partial charge < -0.3 is 5.73 Å². The van der Waals surface area contributed by atoms with Gasteiger partial charge in [-0.15, -0.1) is 11.3 Å². The number of halogens is 1. The monoisotopic (exact) mass is 306 g/mol. The SMILES string of the molecule is Nc1ccc(S(=O)Cc2nc3ccccc3s2)c(F)c1. The maximum atomic E-state index is 13.7. The fourth-order valence-electron chi connectivity index (χ4n) is 1.87. The second-order valence-corrected chi connectivity index (χ2v) is 6.79. The molecule has 0 bridgehead atoms. The molecule has 1 atom stereocenters. The van der Waals surface area contributed by atoms with E-state index in [0.717, 1.165) is 15.2 Å². The van der Waals surface area contributed by atoms with Crippen molar-refractivity contribution in [2.45, 2.75) is 10.6 Å². The van der Waals surface area contributed by atoms with E-state index in [2.05, 4.69) is 4.98 Å². The summed E-state index contributed by atoms with van der Waals surface area (Å²) in [5.41, 5.74) is 6.68. The highest BCUT2D eigenvalue weighted by molar-refractivity contribution is 7.84. The number of thiazole rings is 1. The molecule has 0 aliphatic heterocycles. The minimum atomic E-state index is -1.46. The minimum absolute atomic E-state index is 0.165. The van der Waals surface area contributed by atoms with Gasteiger partial charge in [-0.1, -0.05) is 12.1 Å². The highest BCUT2D eigenvalue weighted by Crippen LogP contribution is 2.25. The van der Waals surface area contributed by atoms with Crippen molar-refractivity contribution in [3.8, 4) is 0 Å². The summed E-state index contributed by atoms with van der Waals surface area (Å²) in [6.45, 7) is 0. The number of nitrogen functional groups attached to an aromatic ring is 1. The molecule has 3 aromatic rings. The standard InChI is InChI=1S/C14H11FN2OS2/c15-10-7-9(16)5-6-13(10)20(18)8-14-17-11-3-1-2-4-12(11)19-14/h1-7H,8,16H2. The van der Waals surface area contributed by atoms with Crippen molar-refractivity contribution in [3.05, 3.63) is 53.3 Å². The Morgan fingerprint density at radius 2 is 2.05 bits per heavy atom. The molecule has 0 radical (unpaired) electrons. The average Bonchev–Trinajstić information content (AvgIpc) is 2.80. The van der Waals surface area contributed by atoms with Gasteiger partial charge in [-0.3, -0.25) is 4.21 Å². The zero-order valence-electron chi connectivity index (χ0n) is 10.4. The lowest BCUT2D eigenvalue weighted by atomic mass is 10.3. The largest absolute Gasteiger partial charge is 0.399 e. The molecule has 20 heavy (non-hydrogen) atoms. The van der Waals surface area contributed by atoms with Gasteiger partial charge in [-0.05, 0) is 30.3 Å². The van der Waals surface area contributed by atoms with Crippen LogP contribution in [0.25, 0.3) is 10.2 Å². The number of hydrogen-bond acceptors (Lipinski definition) is 4. The lowest BCUT2D eigenvalue weighted by Crippen LogP contribution is -2.00. The van der Waals surface area contributed by atoms with Gasteiger partial charge in [0.2, 0.25) is 0 Å². The predicted molar refractivity (Wildman–Crippen MR) is 80.5 cm³/mol. The predicted octanol–water partition coefficient (Wildman–Crippen LogP) is 3.33. The maximum absolute atomic E-state index is 13.7. The van der Waals surface area contributed by atoms with E-state index < -0.39 is 16.6 Å². The quantitative estimate of drug-likeness (QED) is 0.755. The summed E-state index contributed by atoms with van der Waals surface area (Å²) >= 11 is 1.48. The average molecular weight is 306 g/mol. The van der Waals surface area contributed by atoms with Gasteiger partial charge in [0.15, 0.2) is 0 Å². The molecule has 0 amide bonds. The Bertz CT molecular complexity index is 768. The van der Waals surface area contributed by atoms with Crippen molar-refractivity contribution >= 4 is 38.0 Å². The first kappa shape index (κ1) is 13.2. The van der Waals surface area contributed by atoms with E-state index in [4.69, 9.17) is 5.73 Å². The lowest BCUT2D eigenvalue weighted by Gasteiger charge is -2.02. The normalized spacial score (nSPS) is 12.7. The van der Waals surface area contributed by atoms with Gasteiger partial charge >= 0.3 is 0 Å². The topological polar surface area (TPSA) is 56.0 Å². The second kappa shape index (κ2) is 5.30. The van der Waals surface area contributed by atoms with E-state index in [1.54, 1.807) is 6.07 Å². The van der Waals surface area contributed by atoms with Gasteiger partial charge in [0.25, 0.3) is 0 Å². The zero-order valence-corrected chi connectivity index (χ0v) is 12.0. The Morgan fingerprint density at radius 3 is 2.80 bits per heavy atom. The van der Waals surface area contributed by atoms with E-state index in [1.165, 1.54) is 23.5 Å². The molecule has 1 unspecified atom stereocenters. The molecule has 0 saturated carbocycles. The molecule has 1 aromatic heterocycles. The smallest absolute Gasteiger partial charge is 0.141 e. The molecule has 0 aliphatic rings. The van der Waals surface area contributed by atoms with E-state index in [9.17, 15) is 8.60 Å². The summed E-state index contributed by atoms with van der Waals surface area (Å²) in [7, 11) is -1.46. The summed E-state index contributed by atoms with van der Waals surface area (Å²) in [6, 6.07) is 11.9. The van der Waals surface area contributed by atoms with Crippen LogP contribution in [0.15, 0.2) is 47.4 Å². The first-order valence-electron chi connectivity index (χ1n) is 5.91. The van der Waals surface area contributed by atoms with Crippen LogP contribution in [0.5, 0.6) is 0 Å². The molecular formula is C14H11FN2OS2. The third kappa shape index (κ3) is 2.57. The summed E-state index contributed by atoms with van der Waals surface area (Å²) in [5.74, 6) is -0.329. The third-order valence-electron chi connectivity index (χ3n) is 2.79. The first-order chi connectivity index (χ1) is 9.63. The Hall–Kier alpha value is -1.79. The van der Waals surface area contributed by atoms with Crippen molar-refractivity contribution in [3.63, 3.8) is 0 Å². The molecule has 0 saturated heterocycles. The van der Waals surface area contributed by atoms with Gasteiger partial charge in [0.05, 0.1) is 31.7 Å². The van der Waals surface area contributed by atoms with Crippen molar-refractivity contribution in [2.24, 2.45) is 0 Å². The number of aromatic nitrogens is 1. The van der Waals surface area contributed by atoms with Gasteiger partial charge in [-0.2, -0.15) is 0 Å². The van der Waals surface area contributed by atoms with Crippen LogP contribution in [0.1, 0.15) is 5.01 Å². The number of para-hydroxylation sites is 1. The number of fused-ring (bicyclic) bond motifs is 1. The highest BCUT2D eigenvalue weighted by atomic mass is 32.2. The van der Waals surface area contributed by atoms with E-state index >= 15 is 0 Å². The van der Waals surface area contributed by atoms with Crippen LogP contribution in [-0.4, -0.2) is 9.19 Å². The third-order valence-corrected chi connectivity index (χ3v) is 5.37. The van der Waals surface area contributed by atoms with Crippen molar-refractivity contribution in [1.29, 1.82) is 0 Å². The van der Waals surface area contributed by atoms with Crippen molar-refractivity contribution in [2.75, 3.05) is 5.73 Å². The minimum Gasteiger partial charge on any atom is -0.399 e. The number of anilines is 1. The van der Waals surface area contributed by atoms with E-state index in [-0.39, 0.29) is 10.6 Å². The second-order valence-electron chi connectivity index (χ2n) is 4.26. The van der Waals surface area contributed by atoms with Gasteiger partial charge in [0.1, 0.15) is 10.8 Å². The van der Waals surface area contributed by atoms with Crippen LogP contribution in [0.2, 0.25) is 0 Å². The number of nitrogens with two attached hydrogens (primary N) is 1. The van der Waals surface area contributed by atoms with Crippen molar-refractivity contribution < 1.29 is 8.60 Å². The molecule has 1 heterocycles. The molecule has 0 spiro atoms. The zero-order chi connectivity index (χ0) is 14.1. The molecule has 3 rings (SSSR count). The van der Waals surface area contributed by atoms with Crippen LogP contribution in [-0.2, 0) is 16.6 Å². The fourth-order valence-corrected chi connectivity index (χ4v) is 4.13. The Morgan fingerprint density at radius 1 is 1.25 bits per heavy atom. The summed E-state index contributed by atoms with van der Waals surface area (Å²) in [5, 5.41) is 0.737. The number of rotatable bonds is 3. The van der Waals surface area contributed by atoms with Gasteiger partial charge in [0, 0.05) is 5.69 Å². The van der Waals surface area contributed by atoms with Crippen LogP contribution < -0.4 is 5.73 Å². The Balaban J connectivity index is 1.88. The maximum Gasteiger partial charge on any atom is 0.141 e. The molecule has 6 heteroatoms. The Labute approximate surface area is 121 Å². The molecule has 0 fully saturated rings. The van der Waals surface area contributed by atoms with E-state index in [1.807, 2.05) is 24.3 Å². The molecule has 2 aromatic carbocycles. The molecule has 3 nitrogen and oxygen atoms in total. The molecule has 0 aliphatic carbocycles. The van der Waals surface area contributed by atoms with Gasteiger partial charge in [-0.25, -0.2) is 9.37 Å². The molecule has 102 valence electrons. The van der Waals surface area contributed by atoms with E-state index in [0.29, 0.717) is 5.69 Å². The fraction of sp³-hybridized carbons (Fsp3) is 0.0714. The first-order valence-corrected chi connectivity index (χ1v) is 8.05. The highest BCUT2D eigenvalue weighted by Gasteiger charge is 2.13. The molecule has 2 N–H and O–H groups in total. The summed E-state index contributed by atoms with van der Waals surface area (Å²) < 4.78 is 27.0.